The molecule has 19 heavy (non-hydrogen) atoms. The van der Waals surface area contributed by atoms with Gasteiger partial charge in [0.25, 0.3) is 0 Å². The highest BCUT2D eigenvalue weighted by molar-refractivity contribution is 5.74. The van der Waals surface area contributed by atoms with Gasteiger partial charge in [-0.3, -0.25) is 9.97 Å². The minimum absolute atomic E-state index is 0.730. The molecule has 0 radical (unpaired) electrons. The summed E-state index contributed by atoms with van der Waals surface area (Å²) in [7, 11) is 0. The van der Waals surface area contributed by atoms with Crippen LogP contribution < -0.4 is 5.32 Å². The number of benzene rings is 1. The third-order valence-electron chi connectivity index (χ3n) is 2.90. The molecule has 0 saturated carbocycles. The quantitative estimate of drug-likeness (QED) is 0.679. The van der Waals surface area contributed by atoms with Gasteiger partial charge in [0.1, 0.15) is 5.82 Å². The van der Waals surface area contributed by atoms with Gasteiger partial charge < -0.3 is 10.3 Å². The molecule has 0 bridgehead atoms. The van der Waals surface area contributed by atoms with Crippen molar-refractivity contribution >= 4 is 11.0 Å². The highest BCUT2D eigenvalue weighted by Crippen LogP contribution is 2.10. The maximum absolute atomic E-state index is 4.53. The van der Waals surface area contributed by atoms with Crippen LogP contribution in [0.15, 0.2) is 42.9 Å². The Hall–Kier alpha value is -2.27. The van der Waals surface area contributed by atoms with E-state index in [2.05, 4.69) is 25.3 Å². The largest absolute Gasteiger partial charge is 0.342 e. The van der Waals surface area contributed by atoms with Crippen molar-refractivity contribution in [3.05, 3.63) is 54.4 Å². The number of nitrogens with zero attached hydrogens (tertiary/aromatic N) is 3. The Morgan fingerprint density at radius 3 is 2.95 bits per heavy atom. The Labute approximate surface area is 111 Å². The molecule has 2 aromatic heterocycles. The van der Waals surface area contributed by atoms with Gasteiger partial charge in [-0.1, -0.05) is 12.1 Å². The second-order valence-corrected chi connectivity index (χ2v) is 4.32. The maximum Gasteiger partial charge on any atom is 0.108 e. The van der Waals surface area contributed by atoms with Gasteiger partial charge >= 0.3 is 0 Å². The predicted octanol–water partition coefficient (Wildman–Crippen LogP) is 1.69. The third-order valence-corrected chi connectivity index (χ3v) is 2.90. The standard InChI is InChI=1S/C14H15N5/c1-2-4-13-12(3-1)18-14(19-13)5-6-15-9-11-10-16-7-8-17-11/h1-4,7-8,10,15H,5-6,9H2,(H,18,19). The van der Waals surface area contributed by atoms with Gasteiger partial charge in [0, 0.05) is 38.1 Å². The molecule has 96 valence electrons. The van der Waals surface area contributed by atoms with Gasteiger partial charge in [-0.2, -0.15) is 0 Å². The lowest BCUT2D eigenvalue weighted by atomic mass is 10.3. The minimum atomic E-state index is 0.730. The van der Waals surface area contributed by atoms with Gasteiger partial charge in [-0.15, -0.1) is 0 Å². The first-order chi connectivity index (χ1) is 9.42. The van der Waals surface area contributed by atoms with E-state index in [0.717, 1.165) is 42.1 Å². The van der Waals surface area contributed by atoms with Crippen LogP contribution in [0.25, 0.3) is 11.0 Å². The highest BCUT2D eigenvalue weighted by Gasteiger charge is 2.01. The molecule has 1 aromatic carbocycles. The third kappa shape index (κ3) is 2.95. The van der Waals surface area contributed by atoms with Crippen LogP contribution in [0.3, 0.4) is 0 Å². The average Bonchev–Trinajstić information content (AvgIpc) is 2.87. The molecule has 0 aliphatic heterocycles. The Bertz CT molecular complexity index is 614. The second kappa shape index (κ2) is 5.58. The fourth-order valence-electron chi connectivity index (χ4n) is 1.97. The topological polar surface area (TPSA) is 66.5 Å². The summed E-state index contributed by atoms with van der Waals surface area (Å²) < 4.78 is 0. The number of rotatable bonds is 5. The van der Waals surface area contributed by atoms with E-state index >= 15 is 0 Å². The fourth-order valence-corrected chi connectivity index (χ4v) is 1.97. The Balaban J connectivity index is 1.52. The zero-order valence-corrected chi connectivity index (χ0v) is 10.5. The molecule has 5 heteroatoms. The van der Waals surface area contributed by atoms with E-state index in [-0.39, 0.29) is 0 Å². The lowest BCUT2D eigenvalue weighted by Crippen LogP contribution is -2.17. The molecule has 5 nitrogen and oxygen atoms in total. The van der Waals surface area contributed by atoms with Crippen molar-refractivity contribution in [1.82, 2.24) is 25.3 Å². The summed E-state index contributed by atoms with van der Waals surface area (Å²) in [4.78, 5) is 16.1. The van der Waals surface area contributed by atoms with E-state index in [4.69, 9.17) is 0 Å². The van der Waals surface area contributed by atoms with Crippen molar-refractivity contribution in [1.29, 1.82) is 0 Å². The van der Waals surface area contributed by atoms with Crippen LogP contribution in [0.5, 0.6) is 0 Å². The molecule has 3 rings (SSSR count). The van der Waals surface area contributed by atoms with Crippen molar-refractivity contribution in [2.24, 2.45) is 0 Å². The van der Waals surface area contributed by atoms with E-state index in [0.29, 0.717) is 0 Å². The van der Waals surface area contributed by atoms with Crippen LogP contribution in [-0.2, 0) is 13.0 Å². The average molecular weight is 253 g/mol. The predicted molar refractivity (Wildman–Crippen MR) is 73.5 cm³/mol. The number of imidazole rings is 1. The summed E-state index contributed by atoms with van der Waals surface area (Å²) in [6, 6.07) is 8.07. The molecule has 0 aliphatic rings. The Morgan fingerprint density at radius 2 is 2.11 bits per heavy atom. The smallest absolute Gasteiger partial charge is 0.108 e. The van der Waals surface area contributed by atoms with Crippen molar-refractivity contribution in [2.45, 2.75) is 13.0 Å². The van der Waals surface area contributed by atoms with Gasteiger partial charge in [0.2, 0.25) is 0 Å². The number of nitrogens with one attached hydrogen (secondary N) is 2. The fraction of sp³-hybridized carbons (Fsp3) is 0.214. The highest BCUT2D eigenvalue weighted by atomic mass is 14.9. The molecule has 0 fully saturated rings. The number of fused-ring (bicyclic) bond motifs is 1. The first-order valence-electron chi connectivity index (χ1n) is 6.31. The van der Waals surface area contributed by atoms with Gasteiger partial charge in [-0.05, 0) is 12.1 Å². The molecule has 2 heterocycles. The summed E-state index contributed by atoms with van der Waals surface area (Å²) in [5, 5.41) is 3.33. The normalized spacial score (nSPS) is 10.9. The summed E-state index contributed by atoms with van der Waals surface area (Å²) >= 11 is 0. The van der Waals surface area contributed by atoms with Crippen LogP contribution in [0.1, 0.15) is 11.5 Å². The lowest BCUT2D eigenvalue weighted by Gasteiger charge is -2.01. The number of hydrogen-bond donors (Lipinski definition) is 2. The van der Waals surface area contributed by atoms with Crippen LogP contribution in [0.4, 0.5) is 0 Å². The first kappa shape index (κ1) is 11.8. The zero-order chi connectivity index (χ0) is 12.9. The van der Waals surface area contributed by atoms with E-state index in [1.807, 2.05) is 24.3 Å². The summed E-state index contributed by atoms with van der Waals surface area (Å²) in [6.07, 6.45) is 6.03. The second-order valence-electron chi connectivity index (χ2n) is 4.32. The molecular weight excluding hydrogens is 238 g/mol. The molecule has 0 saturated heterocycles. The molecular formula is C14H15N5. The lowest BCUT2D eigenvalue weighted by molar-refractivity contribution is 0.662. The molecule has 0 unspecified atom stereocenters. The zero-order valence-electron chi connectivity index (χ0n) is 10.5. The van der Waals surface area contributed by atoms with Crippen molar-refractivity contribution < 1.29 is 0 Å². The molecule has 0 atom stereocenters. The summed E-state index contributed by atoms with van der Waals surface area (Å²) in [5.74, 6) is 1.01. The SMILES string of the molecule is c1ccc2[nH]c(CCNCc3cnccn3)nc2c1. The number of H-pyrrole nitrogens is 1. The Kier molecular flexibility index (Phi) is 3.47. The van der Waals surface area contributed by atoms with Crippen molar-refractivity contribution in [3.8, 4) is 0 Å². The molecule has 0 amide bonds. The van der Waals surface area contributed by atoms with Gasteiger partial charge in [-0.25, -0.2) is 4.98 Å². The van der Waals surface area contributed by atoms with Crippen LogP contribution in [0, 0.1) is 0 Å². The van der Waals surface area contributed by atoms with Gasteiger partial charge in [0.05, 0.1) is 16.7 Å². The molecule has 0 aliphatic carbocycles. The number of para-hydroxylation sites is 2. The van der Waals surface area contributed by atoms with Crippen LogP contribution in [0.2, 0.25) is 0 Å². The molecule has 0 spiro atoms. The van der Waals surface area contributed by atoms with E-state index < -0.39 is 0 Å². The van der Waals surface area contributed by atoms with Gasteiger partial charge in [0.15, 0.2) is 0 Å². The van der Waals surface area contributed by atoms with Crippen LogP contribution >= 0.6 is 0 Å². The number of aromatic nitrogens is 4. The Morgan fingerprint density at radius 1 is 1.16 bits per heavy atom. The van der Waals surface area contributed by atoms with E-state index in [1.165, 1.54) is 0 Å². The van der Waals surface area contributed by atoms with Crippen molar-refractivity contribution in [3.63, 3.8) is 0 Å². The number of hydrogen-bond acceptors (Lipinski definition) is 4. The number of aromatic amines is 1. The summed E-state index contributed by atoms with van der Waals surface area (Å²) in [5.41, 5.74) is 3.06. The minimum Gasteiger partial charge on any atom is -0.342 e. The van der Waals surface area contributed by atoms with E-state index in [1.54, 1.807) is 18.6 Å². The summed E-state index contributed by atoms with van der Waals surface area (Å²) in [6.45, 7) is 1.59. The maximum atomic E-state index is 4.53. The first-order valence-corrected chi connectivity index (χ1v) is 6.31. The van der Waals surface area contributed by atoms with Crippen LogP contribution in [-0.4, -0.2) is 26.5 Å². The monoisotopic (exact) mass is 253 g/mol. The van der Waals surface area contributed by atoms with Crippen molar-refractivity contribution in [2.75, 3.05) is 6.54 Å². The molecule has 2 N–H and O–H groups in total. The molecule has 3 aromatic rings. The van der Waals surface area contributed by atoms with E-state index in [9.17, 15) is 0 Å².